The van der Waals surface area contributed by atoms with E-state index in [2.05, 4.69) is 25.3 Å². The van der Waals surface area contributed by atoms with Gasteiger partial charge in [-0.25, -0.2) is 9.50 Å². The van der Waals surface area contributed by atoms with E-state index < -0.39 is 10.9 Å². The van der Waals surface area contributed by atoms with Crippen LogP contribution in [0.3, 0.4) is 0 Å². The van der Waals surface area contributed by atoms with Crippen LogP contribution in [0, 0.1) is 24.0 Å². The standard InChI is InChI=1S/C18H15N7O5/c1-10-7-11(2)24-18(19-10)20-14(23-24)8-16(26)29-9-15-21-22-17(30-15)12-3-5-13(6-4-12)25(27)28/h3-7H,8-9H2,1-2H3. The lowest BCUT2D eigenvalue weighted by Gasteiger charge is -1.99. The van der Waals surface area contributed by atoms with E-state index in [1.165, 1.54) is 24.3 Å². The van der Waals surface area contributed by atoms with Gasteiger partial charge < -0.3 is 9.15 Å². The van der Waals surface area contributed by atoms with E-state index in [0.717, 1.165) is 11.4 Å². The van der Waals surface area contributed by atoms with Gasteiger partial charge in [-0.2, -0.15) is 4.98 Å². The maximum atomic E-state index is 12.1. The number of carbonyl (C=O) groups excluding carboxylic acids is 1. The van der Waals surface area contributed by atoms with Crippen LogP contribution >= 0.6 is 0 Å². The van der Waals surface area contributed by atoms with Crippen LogP contribution in [0.1, 0.15) is 23.1 Å². The number of aromatic nitrogens is 6. The third-order valence-electron chi connectivity index (χ3n) is 4.11. The Morgan fingerprint density at radius 2 is 1.97 bits per heavy atom. The quantitative estimate of drug-likeness (QED) is 0.262. The molecule has 0 saturated heterocycles. The number of hydrogen-bond donors (Lipinski definition) is 0. The molecule has 4 aromatic rings. The summed E-state index contributed by atoms with van der Waals surface area (Å²) >= 11 is 0. The zero-order valence-corrected chi connectivity index (χ0v) is 16.0. The van der Waals surface area contributed by atoms with Crippen molar-refractivity contribution in [2.75, 3.05) is 0 Å². The van der Waals surface area contributed by atoms with Gasteiger partial charge in [0.2, 0.25) is 5.89 Å². The molecule has 0 aliphatic rings. The normalized spacial score (nSPS) is 11.0. The molecule has 0 aliphatic heterocycles. The average molecular weight is 409 g/mol. The summed E-state index contributed by atoms with van der Waals surface area (Å²) in [5.41, 5.74) is 2.13. The molecule has 4 rings (SSSR count). The molecule has 3 heterocycles. The molecule has 0 radical (unpaired) electrons. The predicted molar refractivity (Wildman–Crippen MR) is 100 cm³/mol. The highest BCUT2D eigenvalue weighted by molar-refractivity contribution is 5.71. The topological polar surface area (TPSA) is 151 Å². The number of hydrogen-bond acceptors (Lipinski definition) is 10. The van der Waals surface area contributed by atoms with E-state index in [-0.39, 0.29) is 30.5 Å². The fourth-order valence-electron chi connectivity index (χ4n) is 2.76. The molecule has 0 spiro atoms. The van der Waals surface area contributed by atoms with E-state index in [0.29, 0.717) is 17.2 Å². The van der Waals surface area contributed by atoms with Crippen LogP contribution in [0.15, 0.2) is 34.7 Å². The molecule has 3 aromatic heterocycles. The van der Waals surface area contributed by atoms with Gasteiger partial charge in [0, 0.05) is 29.1 Å². The molecule has 1 aromatic carbocycles. The van der Waals surface area contributed by atoms with Gasteiger partial charge >= 0.3 is 5.97 Å². The zero-order valence-electron chi connectivity index (χ0n) is 16.0. The summed E-state index contributed by atoms with van der Waals surface area (Å²) in [7, 11) is 0. The van der Waals surface area contributed by atoms with E-state index in [9.17, 15) is 14.9 Å². The van der Waals surface area contributed by atoms with E-state index in [1.54, 1.807) is 4.52 Å². The second kappa shape index (κ2) is 7.66. The Hall–Kier alpha value is -4.22. The van der Waals surface area contributed by atoms with Crippen LogP contribution in [-0.4, -0.2) is 40.7 Å². The Bertz CT molecular complexity index is 1250. The molecule has 12 nitrogen and oxygen atoms in total. The number of nitro benzene ring substituents is 1. The number of esters is 1. The van der Waals surface area contributed by atoms with Gasteiger partial charge in [0.25, 0.3) is 17.4 Å². The van der Waals surface area contributed by atoms with Crippen molar-refractivity contribution in [1.29, 1.82) is 0 Å². The van der Waals surface area contributed by atoms with Crippen molar-refractivity contribution in [2.24, 2.45) is 0 Å². The number of fused-ring (bicyclic) bond motifs is 1. The highest BCUT2D eigenvalue weighted by atomic mass is 16.6. The smallest absolute Gasteiger partial charge is 0.314 e. The number of aryl methyl sites for hydroxylation is 2. The minimum atomic E-state index is -0.560. The number of benzene rings is 1. The number of nitrogens with zero attached hydrogens (tertiary/aromatic N) is 7. The van der Waals surface area contributed by atoms with Gasteiger partial charge in [-0.1, -0.05) is 0 Å². The Morgan fingerprint density at radius 1 is 1.20 bits per heavy atom. The molecule has 152 valence electrons. The minimum absolute atomic E-state index is 0.0477. The van der Waals surface area contributed by atoms with Crippen molar-refractivity contribution in [2.45, 2.75) is 26.9 Å². The lowest BCUT2D eigenvalue weighted by atomic mass is 10.2. The molecule has 30 heavy (non-hydrogen) atoms. The number of carbonyl (C=O) groups is 1. The van der Waals surface area contributed by atoms with Crippen LogP contribution in [0.5, 0.6) is 0 Å². The Labute approximate surface area is 168 Å². The van der Waals surface area contributed by atoms with E-state index in [4.69, 9.17) is 9.15 Å². The maximum Gasteiger partial charge on any atom is 0.314 e. The summed E-state index contributed by atoms with van der Waals surface area (Å²) in [6.07, 6.45) is -0.134. The van der Waals surface area contributed by atoms with E-state index >= 15 is 0 Å². The second-order valence-corrected chi connectivity index (χ2v) is 6.42. The molecule has 12 heteroatoms. The summed E-state index contributed by atoms with van der Waals surface area (Å²) in [6, 6.07) is 7.52. The van der Waals surface area contributed by atoms with Gasteiger partial charge in [-0.3, -0.25) is 14.9 Å². The maximum absolute atomic E-state index is 12.1. The van der Waals surface area contributed by atoms with Crippen LogP contribution < -0.4 is 0 Å². The molecule has 0 saturated carbocycles. The molecule has 0 fully saturated rings. The highest BCUT2D eigenvalue weighted by Gasteiger charge is 2.15. The Kier molecular flexibility index (Phi) is 4.88. The van der Waals surface area contributed by atoms with Gasteiger partial charge in [-0.15, -0.1) is 15.3 Å². The first kappa shape index (κ1) is 19.1. The first-order valence-corrected chi connectivity index (χ1v) is 8.82. The van der Waals surface area contributed by atoms with Crippen LogP contribution in [0.25, 0.3) is 17.2 Å². The Balaban J connectivity index is 1.37. The first-order chi connectivity index (χ1) is 14.4. The molecule has 0 aliphatic carbocycles. The van der Waals surface area contributed by atoms with Crippen molar-refractivity contribution in [3.8, 4) is 11.5 Å². The summed E-state index contributed by atoms with van der Waals surface area (Å²) in [5, 5.41) is 22.6. The fourth-order valence-corrected chi connectivity index (χ4v) is 2.76. The van der Waals surface area contributed by atoms with Crippen LogP contribution in [0.2, 0.25) is 0 Å². The summed E-state index contributed by atoms with van der Waals surface area (Å²) in [4.78, 5) is 30.8. The summed E-state index contributed by atoms with van der Waals surface area (Å²) < 4.78 is 12.1. The SMILES string of the molecule is Cc1cc(C)n2nc(CC(=O)OCc3nnc(-c4ccc([N+](=O)[O-])cc4)o3)nc2n1. The van der Waals surface area contributed by atoms with Crippen LogP contribution in [-0.2, 0) is 22.6 Å². The molecule has 0 amide bonds. The average Bonchev–Trinajstić information content (AvgIpc) is 3.33. The third-order valence-corrected chi connectivity index (χ3v) is 4.11. The fraction of sp³-hybridized carbons (Fsp3) is 0.222. The second-order valence-electron chi connectivity index (χ2n) is 6.42. The predicted octanol–water partition coefficient (Wildman–Crippen LogP) is 1.99. The number of ether oxygens (including phenoxy) is 1. The third kappa shape index (κ3) is 3.97. The lowest BCUT2D eigenvalue weighted by Crippen LogP contribution is -2.09. The summed E-state index contributed by atoms with van der Waals surface area (Å²) in [6.45, 7) is 3.50. The van der Waals surface area contributed by atoms with Crippen molar-refractivity contribution >= 4 is 17.4 Å². The first-order valence-electron chi connectivity index (χ1n) is 8.82. The number of nitro groups is 1. The number of rotatable bonds is 6. The van der Waals surface area contributed by atoms with E-state index in [1.807, 2.05) is 19.9 Å². The lowest BCUT2D eigenvalue weighted by molar-refractivity contribution is -0.384. The van der Waals surface area contributed by atoms with Crippen molar-refractivity contribution in [3.05, 3.63) is 63.5 Å². The molecular weight excluding hydrogens is 394 g/mol. The summed E-state index contributed by atoms with van der Waals surface area (Å²) in [5.74, 6) is 0.399. The highest BCUT2D eigenvalue weighted by Crippen LogP contribution is 2.21. The molecule has 0 N–H and O–H groups in total. The monoisotopic (exact) mass is 409 g/mol. The van der Waals surface area contributed by atoms with Crippen molar-refractivity contribution < 1.29 is 18.9 Å². The van der Waals surface area contributed by atoms with Gasteiger partial charge in [0.05, 0.1) is 4.92 Å². The molecule has 0 atom stereocenters. The molecule has 0 bridgehead atoms. The largest absolute Gasteiger partial charge is 0.455 e. The van der Waals surface area contributed by atoms with Gasteiger partial charge in [-0.05, 0) is 32.0 Å². The van der Waals surface area contributed by atoms with Crippen molar-refractivity contribution in [1.82, 2.24) is 29.8 Å². The number of non-ortho nitro benzene ring substituents is 1. The minimum Gasteiger partial charge on any atom is -0.455 e. The van der Waals surface area contributed by atoms with Gasteiger partial charge in [0.1, 0.15) is 6.42 Å². The Morgan fingerprint density at radius 3 is 2.70 bits per heavy atom. The van der Waals surface area contributed by atoms with Crippen LogP contribution in [0.4, 0.5) is 5.69 Å². The zero-order chi connectivity index (χ0) is 21.3. The van der Waals surface area contributed by atoms with Crippen molar-refractivity contribution in [3.63, 3.8) is 0 Å². The molecular formula is C18H15N7O5. The van der Waals surface area contributed by atoms with Gasteiger partial charge in [0.15, 0.2) is 12.4 Å². The molecule has 0 unspecified atom stereocenters.